The van der Waals surface area contributed by atoms with Gasteiger partial charge in [0.25, 0.3) is 17.8 Å². The summed E-state index contributed by atoms with van der Waals surface area (Å²) < 4.78 is 55.4. The Kier molecular flexibility index (Phi) is 23.6. The van der Waals surface area contributed by atoms with Crippen LogP contribution in [0.5, 0.6) is 0 Å². The van der Waals surface area contributed by atoms with E-state index >= 15 is 0 Å². The summed E-state index contributed by atoms with van der Waals surface area (Å²) in [6, 6.07) is 29.3. The topological polar surface area (TPSA) is 196 Å². The van der Waals surface area contributed by atoms with Crippen LogP contribution >= 0.6 is 23.2 Å². The molecule has 0 spiro atoms. The zero-order valence-electron chi connectivity index (χ0n) is 46.4. The minimum absolute atomic E-state index is 0. The van der Waals surface area contributed by atoms with Crippen LogP contribution < -0.4 is 10.6 Å². The average Bonchev–Trinajstić information content (AvgIpc) is 3.92. The first-order valence-corrected chi connectivity index (χ1v) is 25.0. The quantitative estimate of drug-likeness (QED) is 0.0479. The van der Waals surface area contributed by atoms with Crippen molar-refractivity contribution in [2.45, 2.75) is 85.5 Å². The Morgan fingerprint density at radius 1 is 0.600 bits per heavy atom. The fraction of sp³-hybridized carbons (Fsp3) is 0.288. The molecule has 0 bridgehead atoms. The maximum atomic E-state index is 13.4. The Morgan fingerprint density at radius 3 is 1.31 bits per heavy atom. The van der Waals surface area contributed by atoms with E-state index in [0.29, 0.717) is 44.2 Å². The van der Waals surface area contributed by atoms with E-state index in [1.165, 1.54) is 74.8 Å². The molecule has 0 saturated carbocycles. The number of carboxylic acid groups (broad SMARTS) is 1. The molecule has 4 aromatic carbocycles. The number of esters is 1. The van der Waals surface area contributed by atoms with Crippen molar-refractivity contribution in [3.8, 4) is 44.9 Å². The van der Waals surface area contributed by atoms with E-state index in [0.717, 1.165) is 0 Å². The number of carbonyl (C=O) groups excluding carboxylic acids is 3. The van der Waals surface area contributed by atoms with Gasteiger partial charge in [0.1, 0.15) is 33.5 Å². The van der Waals surface area contributed by atoms with Gasteiger partial charge in [0.05, 0.1) is 38.7 Å². The van der Waals surface area contributed by atoms with Gasteiger partial charge in [-0.1, -0.05) is 45.5 Å². The molecule has 80 heavy (non-hydrogen) atoms. The molecule has 0 aliphatic heterocycles. The largest absolute Gasteiger partial charge is 0.521 e. The molecule has 3 N–H and O–H groups in total. The number of nitrogens with zero attached hydrogens (tertiary/aromatic N) is 3. The molecular formula is C59H59Cl2F2N5O10Y2-2. The summed E-state index contributed by atoms with van der Waals surface area (Å²) in [6.45, 7) is 17.5. The van der Waals surface area contributed by atoms with Gasteiger partial charge in [-0.05, 0) is 137 Å². The van der Waals surface area contributed by atoms with Gasteiger partial charge in [0.15, 0.2) is 0 Å². The molecule has 4 heterocycles. The average molecular weight is 1280 g/mol. The first-order chi connectivity index (χ1) is 36.5. The summed E-state index contributed by atoms with van der Waals surface area (Å²) in [7, 11) is 6.87. The summed E-state index contributed by atoms with van der Waals surface area (Å²) >= 11 is 12.8. The number of hydrogen-bond donors (Lipinski definition) is 3. The number of carbonyl (C=O) groups is 4. The van der Waals surface area contributed by atoms with E-state index in [9.17, 15) is 33.1 Å². The van der Waals surface area contributed by atoms with E-state index in [4.69, 9.17) is 46.2 Å². The summed E-state index contributed by atoms with van der Waals surface area (Å²) in [5, 5.41) is 15.4. The molecule has 0 aliphatic rings. The smallest absolute Gasteiger partial charge is 0.255 e. The van der Waals surface area contributed by atoms with Crippen molar-refractivity contribution in [1.82, 2.24) is 25.5 Å². The molecule has 2 radical (unpaired) electrons. The first-order valence-electron chi connectivity index (χ1n) is 24.2. The number of aromatic carboxylic acids is 1. The standard InChI is InChI=1S/C26H21ClFN2O4.C22H13ClFN2O4.C11H25NO2.2Y/c1-26(2,3)34-25(32)16-7-5-6-15(12-16)18-13-19-20(23(31)29-4)21(33-24(19)30-22(18)27)14-8-10-17(28)11-9-14;1-25-20(27)17-16-10-15(12-3-2-4-13(9-12)22(28)29)19(23)26-21(16)30-18(17)11-5-7-14(24)8-6-11;1-10(2,3)13-9(12(7)8)14-11(4,5)6;;/h5-6,8-13H,1-4H3,(H,29,31);2-3,5-10H,1H3,(H,25,27)(H,28,29);9H,1-8H3;;/q2*-1;;;. The van der Waals surface area contributed by atoms with Crippen molar-refractivity contribution < 1.29 is 122 Å². The maximum absolute atomic E-state index is 13.4. The van der Waals surface area contributed by atoms with Gasteiger partial charge in [-0.15, -0.1) is 48.5 Å². The number of nitrogens with one attached hydrogen (secondary N) is 2. The number of benzene rings is 4. The van der Waals surface area contributed by atoms with Gasteiger partial charge >= 0.3 is 0 Å². The number of fused-ring (bicyclic) bond motifs is 2. The van der Waals surface area contributed by atoms with Crippen molar-refractivity contribution in [3.63, 3.8) is 0 Å². The van der Waals surface area contributed by atoms with Crippen LogP contribution in [0.1, 0.15) is 104 Å². The van der Waals surface area contributed by atoms with E-state index in [1.54, 1.807) is 57.2 Å². The number of hydrogen-bond acceptors (Lipinski definition) is 12. The SMILES string of the molecule is CN(C)C(OC(C)(C)C)OC(C)(C)C.CNC(=O)c1c(-c2ccc(F)cc2)oc2nc(Cl)c(-c3cc[c-]c(C(=O)O)c3)cc12.CNC(=O)c1c(-c2ccc(F)cc2)oc2nc(Cl)c(-c3cc[c-]c(C(=O)OC(C)(C)C)c3)cc12.[Y].[Y]. The summed E-state index contributed by atoms with van der Waals surface area (Å²) in [6.07, 6.45) is -0.296. The second-order valence-electron chi connectivity index (χ2n) is 20.7. The number of pyridine rings is 2. The predicted octanol–water partition coefficient (Wildman–Crippen LogP) is 13.3. The van der Waals surface area contributed by atoms with Crippen LogP contribution in [0.3, 0.4) is 0 Å². The summed E-state index contributed by atoms with van der Waals surface area (Å²) in [5.41, 5.74) is 2.90. The zero-order valence-corrected chi connectivity index (χ0v) is 53.6. The van der Waals surface area contributed by atoms with Crippen LogP contribution in [0.15, 0.2) is 106 Å². The van der Waals surface area contributed by atoms with Gasteiger partial charge < -0.3 is 48.4 Å². The third-order valence-corrected chi connectivity index (χ3v) is 11.4. The zero-order chi connectivity index (χ0) is 57.6. The van der Waals surface area contributed by atoms with E-state index < -0.39 is 41.0 Å². The normalized spacial score (nSPS) is 11.4. The van der Waals surface area contributed by atoms with Crippen LogP contribution in [0.25, 0.3) is 67.1 Å². The van der Waals surface area contributed by atoms with Gasteiger partial charge in [-0.3, -0.25) is 14.5 Å². The number of ether oxygens (including phenoxy) is 3. The molecular weight excluding hydrogens is 1230 g/mol. The van der Waals surface area contributed by atoms with E-state index in [-0.39, 0.29) is 139 Å². The van der Waals surface area contributed by atoms with E-state index in [2.05, 4.69) is 32.7 Å². The Labute approximate surface area is 523 Å². The van der Waals surface area contributed by atoms with Gasteiger partial charge in [0, 0.05) is 102 Å². The molecule has 8 aromatic rings. The van der Waals surface area contributed by atoms with Crippen molar-refractivity contribution in [2.24, 2.45) is 0 Å². The third kappa shape index (κ3) is 17.6. The number of halogens is 4. The molecule has 21 heteroatoms. The van der Waals surface area contributed by atoms with E-state index in [1.807, 2.05) is 60.5 Å². The molecule has 0 fully saturated rings. The number of amides is 2. The molecule has 0 aliphatic carbocycles. The maximum Gasteiger partial charge on any atom is 0.255 e. The minimum atomic E-state index is -1.13. The number of carboxylic acids is 1. The fourth-order valence-corrected chi connectivity index (χ4v) is 7.88. The Balaban J connectivity index is 0.000000276. The van der Waals surface area contributed by atoms with Crippen molar-refractivity contribution >= 4 is 69.2 Å². The minimum Gasteiger partial charge on any atom is -0.521 e. The molecule has 15 nitrogen and oxygen atoms in total. The second kappa shape index (κ2) is 28.1. The molecule has 0 unspecified atom stereocenters. The van der Waals surface area contributed by atoms with Crippen LogP contribution in [-0.4, -0.2) is 95.1 Å². The number of furan rings is 2. The predicted molar refractivity (Wildman–Crippen MR) is 295 cm³/mol. The second-order valence-corrected chi connectivity index (χ2v) is 21.4. The van der Waals surface area contributed by atoms with Crippen molar-refractivity contribution in [2.75, 3.05) is 28.2 Å². The summed E-state index contributed by atoms with van der Waals surface area (Å²) in [4.78, 5) is 59.7. The van der Waals surface area contributed by atoms with Crippen LogP contribution in [0, 0.1) is 23.8 Å². The van der Waals surface area contributed by atoms with Crippen LogP contribution in [-0.2, 0) is 79.6 Å². The summed E-state index contributed by atoms with van der Waals surface area (Å²) in [5.74, 6) is -2.84. The number of rotatable bonds is 11. The number of aromatic nitrogens is 2. The first kappa shape index (κ1) is 67.2. The molecule has 0 saturated heterocycles. The van der Waals surface area contributed by atoms with Gasteiger partial charge in [-0.2, -0.15) is 0 Å². The molecule has 0 atom stereocenters. The van der Waals surface area contributed by atoms with Crippen LogP contribution in [0.4, 0.5) is 8.78 Å². The van der Waals surface area contributed by atoms with Gasteiger partial charge in [0.2, 0.25) is 23.8 Å². The van der Waals surface area contributed by atoms with Gasteiger partial charge in [-0.25, -0.2) is 18.7 Å². The molecule has 4 aromatic heterocycles. The van der Waals surface area contributed by atoms with Crippen molar-refractivity contribution in [1.29, 1.82) is 0 Å². The molecule has 416 valence electrons. The monoisotopic (exact) mass is 1280 g/mol. The third-order valence-electron chi connectivity index (χ3n) is 10.8. The Hall–Kier alpha value is -5.33. The Morgan fingerprint density at radius 2 is 0.975 bits per heavy atom. The Bertz CT molecular complexity index is 3480. The molecule has 2 amide bonds. The van der Waals surface area contributed by atoms with Crippen molar-refractivity contribution in [3.05, 3.63) is 153 Å². The molecule has 8 rings (SSSR count). The van der Waals surface area contributed by atoms with Crippen LogP contribution in [0.2, 0.25) is 10.3 Å². The fourth-order valence-electron chi connectivity index (χ4n) is 7.40.